The number of halogens is 1. The highest BCUT2D eigenvalue weighted by molar-refractivity contribution is 5.95. The first kappa shape index (κ1) is 20.5. The topological polar surface area (TPSA) is 78.3 Å². The van der Waals surface area contributed by atoms with Gasteiger partial charge in [-0.3, -0.25) is 14.5 Å². The number of aromatic nitrogens is 3. The van der Waals surface area contributed by atoms with E-state index >= 15 is 0 Å². The van der Waals surface area contributed by atoms with Crippen molar-refractivity contribution in [2.45, 2.75) is 26.6 Å². The number of nitrogens with zero attached hydrogens (tertiary/aromatic N) is 3. The third kappa shape index (κ3) is 4.97. The molecule has 0 bridgehead atoms. The zero-order chi connectivity index (χ0) is 20.8. The van der Waals surface area contributed by atoms with Crippen LogP contribution in [0.15, 0.2) is 42.7 Å². The number of aryl methyl sites for hydroxylation is 1. The first-order valence-electron chi connectivity index (χ1n) is 9.08. The first-order chi connectivity index (χ1) is 14.0. The molecule has 3 rings (SSSR count). The quantitative estimate of drug-likeness (QED) is 0.631. The Balaban J connectivity index is 1.75. The van der Waals surface area contributed by atoms with E-state index in [0.29, 0.717) is 17.8 Å². The lowest BCUT2D eigenvalue weighted by atomic mass is 10.1. The maximum absolute atomic E-state index is 14.2. The molecule has 0 aliphatic rings. The summed E-state index contributed by atoms with van der Waals surface area (Å²) in [6, 6.07) is 9.51. The summed E-state index contributed by atoms with van der Waals surface area (Å²) in [6.45, 7) is 2.67. The van der Waals surface area contributed by atoms with Gasteiger partial charge in [-0.1, -0.05) is 29.8 Å². The number of hydrogen-bond donors (Lipinski definition) is 1. The summed E-state index contributed by atoms with van der Waals surface area (Å²) in [6.07, 6.45) is 3.10. The van der Waals surface area contributed by atoms with Crippen molar-refractivity contribution < 1.29 is 18.7 Å². The summed E-state index contributed by atoms with van der Waals surface area (Å²) < 4.78 is 26.0. The zero-order valence-corrected chi connectivity index (χ0v) is 16.6. The predicted molar refractivity (Wildman–Crippen MR) is 105 cm³/mol. The zero-order valence-electron chi connectivity index (χ0n) is 16.6. The minimum absolute atomic E-state index is 0.0720. The molecular formula is C21H23FN4O3. The van der Waals surface area contributed by atoms with Gasteiger partial charge < -0.3 is 14.8 Å². The molecule has 0 fully saturated rings. The number of methoxy groups -OCH3 is 2. The van der Waals surface area contributed by atoms with Gasteiger partial charge in [0.25, 0.3) is 5.91 Å². The van der Waals surface area contributed by atoms with E-state index in [9.17, 15) is 9.18 Å². The molecule has 0 unspecified atom stereocenters. The van der Waals surface area contributed by atoms with Gasteiger partial charge in [-0.2, -0.15) is 5.10 Å². The van der Waals surface area contributed by atoms with Crippen LogP contribution in [0.1, 0.15) is 32.9 Å². The highest BCUT2D eigenvalue weighted by Gasteiger charge is 2.18. The minimum Gasteiger partial charge on any atom is -0.494 e. The molecule has 1 amide bonds. The molecule has 2 heterocycles. The molecule has 0 saturated heterocycles. The van der Waals surface area contributed by atoms with Crippen LogP contribution >= 0.6 is 0 Å². The van der Waals surface area contributed by atoms with E-state index in [1.54, 1.807) is 10.9 Å². The molecule has 7 nitrogen and oxygen atoms in total. The van der Waals surface area contributed by atoms with Crippen molar-refractivity contribution in [3.63, 3.8) is 0 Å². The maximum atomic E-state index is 14.2. The molecule has 0 spiro atoms. The van der Waals surface area contributed by atoms with Gasteiger partial charge in [-0.25, -0.2) is 4.39 Å². The smallest absolute Gasteiger partial charge is 0.255 e. The lowest BCUT2D eigenvalue weighted by Crippen LogP contribution is -2.24. The molecule has 152 valence electrons. The van der Waals surface area contributed by atoms with Crippen LogP contribution in [-0.2, 0) is 24.4 Å². The Morgan fingerprint density at radius 1 is 1.17 bits per heavy atom. The number of rotatable bonds is 8. The summed E-state index contributed by atoms with van der Waals surface area (Å²) in [5.41, 5.74) is 3.22. The normalized spacial score (nSPS) is 10.8. The second kappa shape index (κ2) is 9.29. The lowest BCUT2D eigenvalue weighted by molar-refractivity contribution is 0.0945. The van der Waals surface area contributed by atoms with Gasteiger partial charge >= 0.3 is 0 Å². The summed E-state index contributed by atoms with van der Waals surface area (Å²) in [4.78, 5) is 16.7. The Morgan fingerprint density at radius 3 is 2.62 bits per heavy atom. The van der Waals surface area contributed by atoms with Gasteiger partial charge in [0.15, 0.2) is 11.6 Å². The van der Waals surface area contributed by atoms with E-state index in [1.807, 2.05) is 31.2 Å². The van der Waals surface area contributed by atoms with E-state index in [4.69, 9.17) is 9.47 Å². The van der Waals surface area contributed by atoms with Crippen LogP contribution < -0.4 is 10.1 Å². The largest absolute Gasteiger partial charge is 0.494 e. The minimum atomic E-state index is -0.595. The van der Waals surface area contributed by atoms with Crippen molar-refractivity contribution in [3.05, 3.63) is 76.6 Å². The maximum Gasteiger partial charge on any atom is 0.255 e. The van der Waals surface area contributed by atoms with Gasteiger partial charge in [-0.15, -0.1) is 0 Å². The Labute approximate surface area is 168 Å². The molecule has 29 heavy (non-hydrogen) atoms. The number of nitrogens with one attached hydrogen (secondary N) is 1. The van der Waals surface area contributed by atoms with Gasteiger partial charge in [0, 0.05) is 25.6 Å². The van der Waals surface area contributed by atoms with E-state index in [2.05, 4.69) is 15.4 Å². The fourth-order valence-corrected chi connectivity index (χ4v) is 2.86. The monoisotopic (exact) mass is 398 g/mol. The van der Waals surface area contributed by atoms with Crippen molar-refractivity contribution in [2.24, 2.45) is 0 Å². The number of amides is 1. The Morgan fingerprint density at radius 2 is 1.93 bits per heavy atom. The van der Waals surface area contributed by atoms with Crippen LogP contribution in [0.25, 0.3) is 0 Å². The molecule has 1 N–H and O–H groups in total. The number of hydrogen-bond acceptors (Lipinski definition) is 5. The molecule has 2 aromatic heterocycles. The summed E-state index contributed by atoms with van der Waals surface area (Å²) in [7, 11) is 2.91. The fourth-order valence-electron chi connectivity index (χ4n) is 2.86. The van der Waals surface area contributed by atoms with Crippen molar-refractivity contribution in [1.29, 1.82) is 0 Å². The predicted octanol–water partition coefficient (Wildman–Crippen LogP) is 2.86. The van der Waals surface area contributed by atoms with Crippen LogP contribution in [0.4, 0.5) is 4.39 Å². The molecule has 8 heteroatoms. The third-order valence-corrected chi connectivity index (χ3v) is 4.39. The molecule has 0 atom stereocenters. The Hall–Kier alpha value is -3.26. The Bertz CT molecular complexity index is 986. The van der Waals surface area contributed by atoms with Crippen LogP contribution in [0.2, 0.25) is 0 Å². The lowest BCUT2D eigenvalue weighted by Gasteiger charge is -2.08. The van der Waals surface area contributed by atoms with Gasteiger partial charge in [-0.05, 0) is 12.5 Å². The average Bonchev–Trinajstić information content (AvgIpc) is 3.11. The van der Waals surface area contributed by atoms with Crippen molar-refractivity contribution in [1.82, 2.24) is 20.1 Å². The molecule has 0 aliphatic carbocycles. The third-order valence-electron chi connectivity index (χ3n) is 4.39. The molecular weight excluding hydrogens is 375 g/mol. The van der Waals surface area contributed by atoms with E-state index in [1.165, 1.54) is 32.0 Å². The average molecular weight is 398 g/mol. The van der Waals surface area contributed by atoms with Crippen molar-refractivity contribution in [2.75, 3.05) is 14.2 Å². The highest BCUT2D eigenvalue weighted by Crippen LogP contribution is 2.18. The second-order valence-corrected chi connectivity index (χ2v) is 6.56. The van der Waals surface area contributed by atoms with Crippen LogP contribution in [0.5, 0.6) is 5.75 Å². The molecule has 0 aliphatic heterocycles. The van der Waals surface area contributed by atoms with Crippen molar-refractivity contribution >= 4 is 5.91 Å². The molecule has 0 radical (unpaired) electrons. The highest BCUT2D eigenvalue weighted by atomic mass is 19.1. The van der Waals surface area contributed by atoms with Crippen molar-refractivity contribution in [3.8, 4) is 5.75 Å². The first-order valence-corrected chi connectivity index (χ1v) is 9.08. The van der Waals surface area contributed by atoms with Crippen LogP contribution in [0, 0.1) is 12.7 Å². The molecule has 1 aromatic carbocycles. The number of pyridine rings is 1. The molecule has 3 aromatic rings. The van der Waals surface area contributed by atoms with Crippen LogP contribution in [-0.4, -0.2) is 34.9 Å². The Kier molecular flexibility index (Phi) is 6.56. The summed E-state index contributed by atoms with van der Waals surface area (Å²) in [5.74, 6) is -0.894. The standard InChI is InChI=1S/C21H23FN4O3/c1-14-4-6-15(7-5-14)11-26-12-16(18(25-26)13-28-2)21(27)24-10-17-20(22)19(29-3)8-9-23-17/h4-9,12H,10-11,13H2,1-3H3,(H,24,27). The number of ether oxygens (including phenoxy) is 2. The van der Waals surface area contributed by atoms with E-state index in [-0.39, 0.29) is 30.5 Å². The fraction of sp³-hybridized carbons (Fsp3) is 0.286. The SMILES string of the molecule is COCc1nn(Cc2ccc(C)cc2)cc1C(=O)NCc1nccc(OC)c1F. The van der Waals surface area contributed by atoms with Gasteiger partial charge in [0.1, 0.15) is 5.69 Å². The van der Waals surface area contributed by atoms with E-state index in [0.717, 1.165) is 5.56 Å². The molecule has 0 saturated carbocycles. The van der Waals surface area contributed by atoms with Gasteiger partial charge in [0.2, 0.25) is 0 Å². The number of carbonyl (C=O) groups is 1. The second-order valence-electron chi connectivity index (χ2n) is 6.56. The summed E-state index contributed by atoms with van der Waals surface area (Å²) >= 11 is 0. The van der Waals surface area contributed by atoms with Gasteiger partial charge in [0.05, 0.1) is 38.1 Å². The van der Waals surface area contributed by atoms with E-state index < -0.39 is 5.82 Å². The summed E-state index contributed by atoms with van der Waals surface area (Å²) in [5, 5.41) is 7.14. The van der Waals surface area contributed by atoms with Crippen LogP contribution in [0.3, 0.4) is 0 Å². The number of carbonyl (C=O) groups excluding carboxylic acids is 1. The number of benzene rings is 1.